The van der Waals surface area contributed by atoms with Crippen molar-refractivity contribution in [2.45, 2.75) is 6.18 Å². The third-order valence-corrected chi connectivity index (χ3v) is 4.31. The Morgan fingerprint density at radius 3 is 2.87 bits per heavy atom. The van der Waals surface area contributed by atoms with Crippen LogP contribution in [-0.4, -0.2) is 44.4 Å². The summed E-state index contributed by atoms with van der Waals surface area (Å²) in [5.41, 5.74) is -1.75. The predicted octanol–water partition coefficient (Wildman–Crippen LogP) is 2.15. The summed E-state index contributed by atoms with van der Waals surface area (Å²) in [6, 6.07) is 3.77. The van der Waals surface area contributed by atoms with E-state index in [1.807, 2.05) is 0 Å². The lowest BCUT2D eigenvalue weighted by Gasteiger charge is -2.24. The van der Waals surface area contributed by atoms with Crippen molar-refractivity contribution in [3.05, 3.63) is 23.9 Å². The molecule has 0 radical (unpaired) electrons. The SMILES string of the molecule is COC(=O)[C@@]12COC[C@@H]1CN(c1cccc(C(F)(F)F)n1)C2.Cl. The Morgan fingerprint density at radius 2 is 2.22 bits per heavy atom. The van der Waals surface area contributed by atoms with Crippen LogP contribution in [0.5, 0.6) is 0 Å². The number of methoxy groups -OCH3 is 1. The zero-order valence-electron chi connectivity index (χ0n) is 12.3. The van der Waals surface area contributed by atoms with Gasteiger partial charge in [0.25, 0.3) is 0 Å². The molecule has 1 aromatic heterocycles. The predicted molar refractivity (Wildman–Crippen MR) is 77.5 cm³/mol. The number of halogens is 4. The van der Waals surface area contributed by atoms with Gasteiger partial charge in [-0.2, -0.15) is 13.2 Å². The molecule has 0 N–H and O–H groups in total. The smallest absolute Gasteiger partial charge is 0.433 e. The molecular weight excluding hydrogens is 337 g/mol. The first kappa shape index (κ1) is 17.8. The van der Waals surface area contributed by atoms with Crippen LogP contribution in [0.3, 0.4) is 0 Å². The number of hydrogen-bond donors (Lipinski definition) is 0. The minimum Gasteiger partial charge on any atom is -0.468 e. The van der Waals surface area contributed by atoms with Crippen molar-refractivity contribution in [2.75, 3.05) is 38.3 Å². The van der Waals surface area contributed by atoms with E-state index in [9.17, 15) is 18.0 Å². The summed E-state index contributed by atoms with van der Waals surface area (Å²) in [6.07, 6.45) is -4.49. The zero-order valence-corrected chi connectivity index (χ0v) is 13.1. The number of ether oxygens (including phenoxy) is 2. The van der Waals surface area contributed by atoms with E-state index in [1.54, 1.807) is 4.90 Å². The number of rotatable bonds is 2. The highest BCUT2D eigenvalue weighted by atomic mass is 35.5. The van der Waals surface area contributed by atoms with E-state index in [4.69, 9.17) is 9.47 Å². The van der Waals surface area contributed by atoms with Gasteiger partial charge in [-0.05, 0) is 12.1 Å². The molecule has 0 unspecified atom stereocenters. The number of carbonyl (C=O) groups is 1. The Bertz CT molecular complexity index is 599. The Hall–Kier alpha value is -1.54. The molecule has 3 rings (SSSR count). The summed E-state index contributed by atoms with van der Waals surface area (Å²) in [5.74, 6) is -0.270. The minimum atomic E-state index is -4.49. The summed E-state index contributed by atoms with van der Waals surface area (Å²) < 4.78 is 48.5. The first-order chi connectivity index (χ1) is 10.4. The first-order valence-corrected chi connectivity index (χ1v) is 6.82. The second-order valence-electron chi connectivity index (χ2n) is 5.62. The molecule has 0 amide bonds. The topological polar surface area (TPSA) is 51.7 Å². The van der Waals surface area contributed by atoms with Crippen LogP contribution < -0.4 is 4.90 Å². The molecule has 23 heavy (non-hydrogen) atoms. The van der Waals surface area contributed by atoms with Crippen LogP contribution in [0.1, 0.15) is 5.69 Å². The van der Waals surface area contributed by atoms with E-state index in [0.29, 0.717) is 13.2 Å². The average Bonchev–Trinajstić information content (AvgIpc) is 3.03. The molecule has 2 atom stereocenters. The lowest BCUT2D eigenvalue weighted by Crippen LogP contribution is -2.40. The van der Waals surface area contributed by atoms with Gasteiger partial charge in [-0.15, -0.1) is 12.4 Å². The van der Waals surface area contributed by atoms with Gasteiger partial charge in [0.1, 0.15) is 16.9 Å². The van der Waals surface area contributed by atoms with Gasteiger partial charge in [0.2, 0.25) is 0 Å². The number of nitrogens with zero attached hydrogens (tertiary/aromatic N) is 2. The van der Waals surface area contributed by atoms with Gasteiger partial charge in [-0.3, -0.25) is 4.79 Å². The zero-order chi connectivity index (χ0) is 16.0. The van der Waals surface area contributed by atoms with Crippen molar-refractivity contribution < 1.29 is 27.4 Å². The molecule has 0 spiro atoms. The Kier molecular flexibility index (Phi) is 4.77. The third kappa shape index (κ3) is 2.97. The van der Waals surface area contributed by atoms with Crippen molar-refractivity contribution in [3.8, 4) is 0 Å². The standard InChI is InChI=1S/C14H15F3N2O3.ClH/c1-21-12(20)13-7-19(5-9(13)6-22-8-13)11-4-2-3-10(18-11)14(15,16)17;/h2-4,9H,5-8H2,1H3;1H/t9-,13-;/m0./s1. The van der Waals surface area contributed by atoms with Crippen LogP contribution in [0.2, 0.25) is 0 Å². The molecular formula is C14H16ClF3N2O3. The fraction of sp³-hybridized carbons (Fsp3) is 0.571. The molecule has 0 aromatic carbocycles. The number of fused-ring (bicyclic) bond motifs is 1. The number of aromatic nitrogens is 1. The minimum absolute atomic E-state index is 0. The van der Waals surface area contributed by atoms with Gasteiger partial charge in [0, 0.05) is 19.0 Å². The maximum Gasteiger partial charge on any atom is 0.433 e. The molecule has 9 heteroatoms. The lowest BCUT2D eigenvalue weighted by atomic mass is 9.81. The second-order valence-corrected chi connectivity index (χ2v) is 5.62. The Morgan fingerprint density at radius 1 is 1.48 bits per heavy atom. The normalized spacial score (nSPS) is 26.6. The monoisotopic (exact) mass is 352 g/mol. The number of anilines is 1. The Labute approximate surface area is 137 Å². The van der Waals surface area contributed by atoms with Gasteiger partial charge in [-0.25, -0.2) is 4.98 Å². The highest BCUT2D eigenvalue weighted by Gasteiger charge is 2.57. The molecule has 2 aliphatic rings. The molecule has 0 bridgehead atoms. The van der Waals surface area contributed by atoms with Crippen molar-refractivity contribution in [3.63, 3.8) is 0 Å². The molecule has 2 aliphatic heterocycles. The van der Waals surface area contributed by atoms with Gasteiger partial charge in [0.05, 0.1) is 20.3 Å². The maximum atomic E-state index is 12.8. The van der Waals surface area contributed by atoms with Crippen LogP contribution in [0.25, 0.3) is 0 Å². The fourth-order valence-corrected chi connectivity index (χ4v) is 3.16. The molecule has 2 fully saturated rings. The van der Waals surface area contributed by atoms with Gasteiger partial charge in [0.15, 0.2) is 0 Å². The first-order valence-electron chi connectivity index (χ1n) is 6.82. The van der Waals surface area contributed by atoms with Gasteiger partial charge in [-0.1, -0.05) is 6.07 Å². The summed E-state index contributed by atoms with van der Waals surface area (Å²) in [4.78, 5) is 17.5. The van der Waals surface area contributed by atoms with Crippen LogP contribution >= 0.6 is 12.4 Å². The summed E-state index contributed by atoms with van der Waals surface area (Å²) in [6.45, 7) is 1.28. The molecule has 1 aromatic rings. The summed E-state index contributed by atoms with van der Waals surface area (Å²) in [7, 11) is 1.30. The van der Waals surface area contributed by atoms with Gasteiger partial charge >= 0.3 is 12.1 Å². The lowest BCUT2D eigenvalue weighted by molar-refractivity contribution is -0.152. The highest BCUT2D eigenvalue weighted by Crippen LogP contribution is 2.43. The number of hydrogen-bond acceptors (Lipinski definition) is 5. The second kappa shape index (κ2) is 6.16. The molecule has 5 nitrogen and oxygen atoms in total. The largest absolute Gasteiger partial charge is 0.468 e. The van der Waals surface area contributed by atoms with Gasteiger partial charge < -0.3 is 14.4 Å². The third-order valence-electron chi connectivity index (χ3n) is 4.31. The van der Waals surface area contributed by atoms with Crippen molar-refractivity contribution in [1.29, 1.82) is 0 Å². The fourth-order valence-electron chi connectivity index (χ4n) is 3.16. The van der Waals surface area contributed by atoms with E-state index in [2.05, 4.69) is 4.98 Å². The highest BCUT2D eigenvalue weighted by molar-refractivity contribution is 5.85. The van der Waals surface area contributed by atoms with E-state index in [0.717, 1.165) is 6.07 Å². The van der Waals surface area contributed by atoms with Crippen molar-refractivity contribution >= 4 is 24.2 Å². The van der Waals surface area contributed by atoms with Crippen LogP contribution in [0, 0.1) is 11.3 Å². The van der Waals surface area contributed by atoms with Crippen LogP contribution in [-0.2, 0) is 20.4 Å². The molecule has 0 aliphatic carbocycles. The molecule has 0 saturated carbocycles. The summed E-state index contributed by atoms with van der Waals surface area (Å²) >= 11 is 0. The molecule has 128 valence electrons. The number of esters is 1. The van der Waals surface area contributed by atoms with Crippen LogP contribution in [0.4, 0.5) is 19.0 Å². The number of alkyl halides is 3. The number of pyridine rings is 1. The van der Waals surface area contributed by atoms with Crippen LogP contribution in [0.15, 0.2) is 18.2 Å². The molecule has 2 saturated heterocycles. The Balaban J connectivity index is 0.00000192. The van der Waals surface area contributed by atoms with E-state index in [1.165, 1.54) is 19.2 Å². The summed E-state index contributed by atoms with van der Waals surface area (Å²) in [5, 5.41) is 0. The quantitative estimate of drug-likeness (QED) is 0.763. The van der Waals surface area contributed by atoms with E-state index in [-0.39, 0.29) is 43.3 Å². The molecule has 3 heterocycles. The average molecular weight is 353 g/mol. The van der Waals surface area contributed by atoms with E-state index < -0.39 is 17.3 Å². The maximum absolute atomic E-state index is 12.8. The van der Waals surface area contributed by atoms with Crippen molar-refractivity contribution in [2.24, 2.45) is 11.3 Å². The van der Waals surface area contributed by atoms with E-state index >= 15 is 0 Å². The number of carbonyl (C=O) groups excluding carboxylic acids is 1. The van der Waals surface area contributed by atoms with Crippen molar-refractivity contribution in [1.82, 2.24) is 4.98 Å².